The highest BCUT2D eigenvalue weighted by Crippen LogP contribution is 2.37. The Balaban J connectivity index is 1.44. The lowest BCUT2D eigenvalue weighted by Crippen LogP contribution is -2.49. The lowest BCUT2D eigenvalue weighted by Gasteiger charge is -2.36. The Morgan fingerprint density at radius 2 is 2.04 bits per heavy atom. The fourth-order valence-electron chi connectivity index (χ4n) is 3.62. The molecule has 0 bridgehead atoms. The van der Waals surface area contributed by atoms with Crippen LogP contribution in [-0.2, 0) is 16.1 Å². The molecule has 2 N–H and O–H groups in total. The van der Waals surface area contributed by atoms with Crippen molar-refractivity contribution < 1.29 is 13.9 Å². The Morgan fingerprint density at radius 3 is 2.83 bits per heavy atom. The molecule has 6 heteroatoms. The van der Waals surface area contributed by atoms with Crippen LogP contribution in [0.25, 0.3) is 11.3 Å². The first kappa shape index (κ1) is 15.4. The van der Waals surface area contributed by atoms with Gasteiger partial charge in [-0.15, -0.1) is 0 Å². The normalized spacial score (nSPS) is 22.7. The fraction of sp³-hybridized carbons (Fsp3) is 0.444. The summed E-state index contributed by atoms with van der Waals surface area (Å²) < 4.78 is 11.3. The van der Waals surface area contributed by atoms with Gasteiger partial charge >= 0.3 is 0 Å². The molecule has 0 radical (unpaired) electrons. The number of nitrogens with one attached hydrogen (secondary N) is 2. The predicted octanol–water partition coefficient (Wildman–Crippen LogP) is 1.73. The van der Waals surface area contributed by atoms with E-state index in [-0.39, 0.29) is 17.4 Å². The molecule has 2 aliphatic heterocycles. The molecule has 2 saturated heterocycles. The maximum Gasteiger partial charge on any atom is 0.237 e. The predicted molar refractivity (Wildman–Crippen MR) is 88.1 cm³/mol. The molecule has 4 rings (SSSR count). The van der Waals surface area contributed by atoms with E-state index in [4.69, 9.17) is 9.15 Å². The number of aromatic nitrogens is 1. The van der Waals surface area contributed by atoms with Gasteiger partial charge in [-0.2, -0.15) is 0 Å². The molecule has 1 spiro atoms. The summed E-state index contributed by atoms with van der Waals surface area (Å²) in [6.45, 7) is 2.58. The van der Waals surface area contributed by atoms with Gasteiger partial charge in [0.2, 0.25) is 11.8 Å². The van der Waals surface area contributed by atoms with Gasteiger partial charge in [-0.05, 0) is 12.8 Å². The van der Waals surface area contributed by atoms with Crippen molar-refractivity contribution in [3.63, 3.8) is 0 Å². The van der Waals surface area contributed by atoms with Crippen LogP contribution in [0.2, 0.25) is 0 Å². The molecular weight excluding hydrogens is 306 g/mol. The van der Waals surface area contributed by atoms with Crippen molar-refractivity contribution in [3.05, 3.63) is 42.4 Å². The molecule has 2 aromatic rings. The molecule has 24 heavy (non-hydrogen) atoms. The lowest BCUT2D eigenvalue weighted by atomic mass is 9.76. The van der Waals surface area contributed by atoms with E-state index >= 15 is 0 Å². The maximum atomic E-state index is 12.2. The Labute approximate surface area is 140 Å². The minimum atomic E-state index is -0.214. The summed E-state index contributed by atoms with van der Waals surface area (Å²) in [6.07, 6.45) is 3.51. The van der Waals surface area contributed by atoms with E-state index in [0.29, 0.717) is 32.2 Å². The second-order valence-corrected chi connectivity index (χ2v) is 6.49. The van der Waals surface area contributed by atoms with Crippen LogP contribution < -0.4 is 10.6 Å². The van der Waals surface area contributed by atoms with Gasteiger partial charge in [0.1, 0.15) is 0 Å². The van der Waals surface area contributed by atoms with Crippen LogP contribution in [0, 0.1) is 5.41 Å². The van der Waals surface area contributed by atoms with Gasteiger partial charge < -0.3 is 14.5 Å². The number of carbonyl (C=O) groups is 1. The number of oxazole rings is 1. The van der Waals surface area contributed by atoms with E-state index in [1.54, 1.807) is 6.20 Å². The van der Waals surface area contributed by atoms with E-state index in [1.165, 1.54) is 0 Å². The first-order chi connectivity index (χ1) is 11.8. The van der Waals surface area contributed by atoms with Crippen molar-refractivity contribution in [2.24, 2.45) is 5.41 Å². The average molecular weight is 327 g/mol. The van der Waals surface area contributed by atoms with E-state index in [9.17, 15) is 4.79 Å². The van der Waals surface area contributed by atoms with Crippen LogP contribution in [0.1, 0.15) is 18.7 Å². The molecule has 1 aromatic carbocycles. The van der Waals surface area contributed by atoms with Crippen LogP contribution in [0.3, 0.4) is 0 Å². The molecule has 6 nitrogen and oxygen atoms in total. The summed E-state index contributed by atoms with van der Waals surface area (Å²) in [5.74, 6) is 1.39. The van der Waals surface area contributed by atoms with Crippen molar-refractivity contribution in [1.29, 1.82) is 0 Å². The van der Waals surface area contributed by atoms with Gasteiger partial charge in [-0.25, -0.2) is 4.98 Å². The molecule has 2 aliphatic rings. The highest BCUT2D eigenvalue weighted by Gasteiger charge is 2.48. The minimum Gasteiger partial charge on any atom is -0.439 e. The van der Waals surface area contributed by atoms with Crippen LogP contribution in [0.15, 0.2) is 40.9 Å². The number of hydrogen-bond donors (Lipinski definition) is 2. The van der Waals surface area contributed by atoms with Gasteiger partial charge in [0.05, 0.1) is 18.8 Å². The zero-order valence-corrected chi connectivity index (χ0v) is 13.5. The standard InChI is InChI=1S/C18H21N3O3/c22-17-16(18(12-21-17)6-8-23-9-7-18)20-11-15-19-10-14(24-15)13-4-2-1-3-5-13/h1-5,10,16,20H,6-9,11-12H2,(H,21,22). The molecule has 2 fully saturated rings. The second-order valence-electron chi connectivity index (χ2n) is 6.49. The van der Waals surface area contributed by atoms with E-state index in [1.807, 2.05) is 30.3 Å². The number of carbonyl (C=O) groups excluding carboxylic acids is 1. The fourth-order valence-corrected chi connectivity index (χ4v) is 3.62. The molecular formula is C18H21N3O3. The third-order valence-electron chi connectivity index (χ3n) is 5.05. The van der Waals surface area contributed by atoms with Gasteiger partial charge in [0.25, 0.3) is 0 Å². The third kappa shape index (κ3) is 2.83. The zero-order valence-electron chi connectivity index (χ0n) is 13.5. The average Bonchev–Trinajstić information content (AvgIpc) is 3.21. The third-order valence-corrected chi connectivity index (χ3v) is 5.05. The summed E-state index contributed by atoms with van der Waals surface area (Å²) >= 11 is 0. The second kappa shape index (κ2) is 6.37. The van der Waals surface area contributed by atoms with Crippen molar-refractivity contribution in [2.75, 3.05) is 19.8 Å². The topological polar surface area (TPSA) is 76.4 Å². The molecule has 1 atom stereocenters. The summed E-state index contributed by atoms with van der Waals surface area (Å²) in [4.78, 5) is 16.6. The highest BCUT2D eigenvalue weighted by molar-refractivity contribution is 5.85. The Morgan fingerprint density at radius 1 is 1.25 bits per heavy atom. The summed E-state index contributed by atoms with van der Waals surface area (Å²) in [5.41, 5.74) is 0.945. The SMILES string of the molecule is O=C1NCC2(CCOCC2)C1NCc1ncc(-c2ccccc2)o1. The summed E-state index contributed by atoms with van der Waals surface area (Å²) in [6, 6.07) is 9.65. The monoisotopic (exact) mass is 327 g/mol. The summed E-state index contributed by atoms with van der Waals surface area (Å²) in [7, 11) is 0. The number of nitrogens with zero attached hydrogens (tertiary/aromatic N) is 1. The minimum absolute atomic E-state index is 0.0514. The smallest absolute Gasteiger partial charge is 0.237 e. The quantitative estimate of drug-likeness (QED) is 0.894. The molecule has 1 unspecified atom stereocenters. The summed E-state index contributed by atoms with van der Waals surface area (Å²) in [5, 5.41) is 6.34. The number of ether oxygens (including phenoxy) is 1. The number of hydrogen-bond acceptors (Lipinski definition) is 5. The molecule has 1 amide bonds. The van der Waals surface area contributed by atoms with Crippen LogP contribution >= 0.6 is 0 Å². The molecule has 0 saturated carbocycles. The van der Waals surface area contributed by atoms with Crippen molar-refractivity contribution in [1.82, 2.24) is 15.6 Å². The van der Waals surface area contributed by atoms with Gasteiger partial charge in [0, 0.05) is 30.7 Å². The number of benzene rings is 1. The Kier molecular flexibility index (Phi) is 4.08. The number of rotatable bonds is 4. The van der Waals surface area contributed by atoms with Gasteiger partial charge in [0.15, 0.2) is 5.76 Å². The van der Waals surface area contributed by atoms with Gasteiger partial charge in [-0.3, -0.25) is 10.1 Å². The Hall–Kier alpha value is -2.18. The van der Waals surface area contributed by atoms with Crippen molar-refractivity contribution >= 4 is 5.91 Å². The van der Waals surface area contributed by atoms with Crippen LogP contribution in [-0.4, -0.2) is 36.7 Å². The molecule has 0 aliphatic carbocycles. The largest absolute Gasteiger partial charge is 0.439 e. The first-order valence-corrected chi connectivity index (χ1v) is 8.36. The van der Waals surface area contributed by atoms with Gasteiger partial charge in [-0.1, -0.05) is 30.3 Å². The molecule has 126 valence electrons. The molecule has 3 heterocycles. The zero-order chi connectivity index (χ0) is 16.4. The Bertz CT molecular complexity index is 707. The van der Waals surface area contributed by atoms with E-state index in [2.05, 4.69) is 15.6 Å². The maximum absolute atomic E-state index is 12.2. The number of amides is 1. The van der Waals surface area contributed by atoms with Crippen LogP contribution in [0.5, 0.6) is 0 Å². The van der Waals surface area contributed by atoms with Crippen molar-refractivity contribution in [3.8, 4) is 11.3 Å². The van der Waals surface area contributed by atoms with E-state index in [0.717, 1.165) is 24.2 Å². The van der Waals surface area contributed by atoms with Crippen LogP contribution in [0.4, 0.5) is 0 Å². The van der Waals surface area contributed by atoms with E-state index < -0.39 is 0 Å². The highest BCUT2D eigenvalue weighted by atomic mass is 16.5. The first-order valence-electron chi connectivity index (χ1n) is 8.36. The lowest BCUT2D eigenvalue weighted by molar-refractivity contribution is -0.122. The molecule has 1 aromatic heterocycles. The van der Waals surface area contributed by atoms with Crippen molar-refractivity contribution in [2.45, 2.75) is 25.4 Å².